The maximum Gasteiger partial charge on any atom is 0.266 e. The molecule has 3 aromatic rings. The summed E-state index contributed by atoms with van der Waals surface area (Å²) in [6.45, 7) is 2.28. The second-order valence-corrected chi connectivity index (χ2v) is 8.20. The summed E-state index contributed by atoms with van der Waals surface area (Å²) in [5.74, 6) is 0.490. The maximum atomic E-state index is 13.6. The van der Waals surface area contributed by atoms with Crippen molar-refractivity contribution in [3.8, 4) is 22.6 Å². The lowest BCUT2D eigenvalue weighted by molar-refractivity contribution is 0.0926. The number of nitrogens with zero attached hydrogens (tertiary/aromatic N) is 1. The molecule has 0 saturated carbocycles. The molecule has 3 aromatic carbocycles. The summed E-state index contributed by atoms with van der Waals surface area (Å²) in [5, 5.41) is 0. The molecular weight excluding hydrogens is 422 g/mol. The highest BCUT2D eigenvalue weighted by Crippen LogP contribution is 2.41. The Balaban J connectivity index is 1.35. The standard InChI is InChI=1S/C26H21NO6/c28-25-21-10-11-22(33-15-20-14-32-20)23(16-4-2-1-3-5-16)24(21)26(29)27(25)17-6-8-18(9-7-17)30-12-19-13-31-19/h1-11,19-20H,12-15H2. The second-order valence-electron chi connectivity index (χ2n) is 8.20. The van der Waals surface area contributed by atoms with Crippen LogP contribution in [0.15, 0.2) is 66.7 Å². The molecule has 7 heteroatoms. The Labute approximate surface area is 190 Å². The van der Waals surface area contributed by atoms with Gasteiger partial charge in [-0.25, -0.2) is 4.90 Å². The van der Waals surface area contributed by atoms with Gasteiger partial charge in [-0.05, 0) is 42.0 Å². The first-order valence-electron chi connectivity index (χ1n) is 10.9. The van der Waals surface area contributed by atoms with Gasteiger partial charge >= 0.3 is 0 Å². The zero-order valence-corrected chi connectivity index (χ0v) is 17.7. The number of amides is 2. The average molecular weight is 443 g/mol. The SMILES string of the molecule is O=C1c2ccc(OCC3CO3)c(-c3ccccc3)c2C(=O)N1c1ccc(OCC2CO2)cc1. The Bertz CT molecular complexity index is 1220. The number of carbonyl (C=O) groups excluding carboxylic acids is 2. The quantitative estimate of drug-likeness (QED) is 0.390. The molecular formula is C26H21NO6. The summed E-state index contributed by atoms with van der Waals surface area (Å²) in [4.78, 5) is 28.1. The van der Waals surface area contributed by atoms with Gasteiger partial charge in [0, 0.05) is 5.56 Å². The summed E-state index contributed by atoms with van der Waals surface area (Å²) in [7, 11) is 0. The zero-order chi connectivity index (χ0) is 22.4. The van der Waals surface area contributed by atoms with E-state index in [2.05, 4.69) is 0 Å². The van der Waals surface area contributed by atoms with E-state index in [1.165, 1.54) is 4.90 Å². The first-order chi connectivity index (χ1) is 16.2. The van der Waals surface area contributed by atoms with Crippen molar-refractivity contribution in [1.82, 2.24) is 0 Å². The van der Waals surface area contributed by atoms with Crippen LogP contribution in [-0.2, 0) is 9.47 Å². The molecule has 7 nitrogen and oxygen atoms in total. The van der Waals surface area contributed by atoms with Gasteiger partial charge in [0.15, 0.2) is 0 Å². The van der Waals surface area contributed by atoms with Gasteiger partial charge in [-0.15, -0.1) is 0 Å². The van der Waals surface area contributed by atoms with Crippen molar-refractivity contribution in [1.29, 1.82) is 0 Å². The lowest BCUT2D eigenvalue weighted by atomic mass is 9.95. The number of benzene rings is 3. The van der Waals surface area contributed by atoms with Crippen molar-refractivity contribution in [3.63, 3.8) is 0 Å². The van der Waals surface area contributed by atoms with Crippen LogP contribution in [0.4, 0.5) is 5.69 Å². The van der Waals surface area contributed by atoms with E-state index in [4.69, 9.17) is 18.9 Å². The normalized spacial score (nSPS) is 20.5. The topological polar surface area (TPSA) is 80.9 Å². The van der Waals surface area contributed by atoms with Gasteiger partial charge in [-0.2, -0.15) is 0 Å². The molecule has 3 heterocycles. The van der Waals surface area contributed by atoms with Crippen molar-refractivity contribution in [2.45, 2.75) is 12.2 Å². The Hall–Kier alpha value is -3.68. The third kappa shape index (κ3) is 3.86. The Morgan fingerprint density at radius 3 is 2.09 bits per heavy atom. The third-order valence-electron chi connectivity index (χ3n) is 5.84. The fraction of sp³-hybridized carbons (Fsp3) is 0.231. The van der Waals surface area contributed by atoms with Crippen molar-refractivity contribution in [2.24, 2.45) is 0 Å². The largest absolute Gasteiger partial charge is 0.491 e. The highest BCUT2D eigenvalue weighted by Gasteiger charge is 2.40. The fourth-order valence-electron chi connectivity index (χ4n) is 3.95. The van der Waals surface area contributed by atoms with Gasteiger partial charge in [0.1, 0.15) is 36.9 Å². The van der Waals surface area contributed by atoms with Crippen LogP contribution in [0.3, 0.4) is 0 Å². The number of hydrogen-bond donors (Lipinski definition) is 0. The van der Waals surface area contributed by atoms with Crippen molar-refractivity contribution in [3.05, 3.63) is 77.9 Å². The smallest absolute Gasteiger partial charge is 0.266 e. The van der Waals surface area contributed by atoms with E-state index in [1.807, 2.05) is 30.3 Å². The molecule has 0 aliphatic carbocycles. The van der Waals surface area contributed by atoms with Crippen LogP contribution in [0.1, 0.15) is 20.7 Å². The molecule has 2 amide bonds. The lowest BCUT2D eigenvalue weighted by Crippen LogP contribution is -2.29. The van der Waals surface area contributed by atoms with Gasteiger partial charge in [-0.1, -0.05) is 30.3 Å². The van der Waals surface area contributed by atoms with Crippen molar-refractivity contribution < 1.29 is 28.5 Å². The number of hydrogen-bond acceptors (Lipinski definition) is 6. The summed E-state index contributed by atoms with van der Waals surface area (Å²) < 4.78 is 22.1. The van der Waals surface area contributed by atoms with E-state index in [0.29, 0.717) is 53.7 Å². The molecule has 166 valence electrons. The number of ether oxygens (including phenoxy) is 4. The van der Waals surface area contributed by atoms with Crippen LogP contribution in [0.2, 0.25) is 0 Å². The van der Waals surface area contributed by atoms with Crippen LogP contribution < -0.4 is 14.4 Å². The Morgan fingerprint density at radius 1 is 0.758 bits per heavy atom. The van der Waals surface area contributed by atoms with E-state index in [9.17, 15) is 9.59 Å². The van der Waals surface area contributed by atoms with E-state index in [-0.39, 0.29) is 24.0 Å². The van der Waals surface area contributed by atoms with Gasteiger partial charge < -0.3 is 18.9 Å². The Kier molecular flexibility index (Phi) is 4.86. The molecule has 2 atom stereocenters. The summed E-state index contributed by atoms with van der Waals surface area (Å²) in [6, 6.07) is 19.9. The average Bonchev–Trinajstić information content (AvgIpc) is 3.77. The molecule has 0 N–H and O–H groups in total. The van der Waals surface area contributed by atoms with Gasteiger partial charge in [0.25, 0.3) is 11.8 Å². The number of fused-ring (bicyclic) bond motifs is 1. The summed E-state index contributed by atoms with van der Waals surface area (Å²) in [5.41, 5.74) is 2.64. The van der Waals surface area contributed by atoms with Gasteiger partial charge in [0.2, 0.25) is 0 Å². The van der Waals surface area contributed by atoms with Crippen molar-refractivity contribution in [2.75, 3.05) is 31.3 Å². The fourth-order valence-corrected chi connectivity index (χ4v) is 3.95. The second kappa shape index (κ2) is 8.03. The molecule has 3 aliphatic heterocycles. The molecule has 3 aliphatic rings. The predicted octanol–water partition coefficient (Wildman–Crippen LogP) is 3.71. The van der Waals surface area contributed by atoms with E-state index in [1.54, 1.807) is 36.4 Å². The van der Waals surface area contributed by atoms with Gasteiger partial charge in [0.05, 0.1) is 30.0 Å². The maximum absolute atomic E-state index is 13.6. The number of anilines is 1. The molecule has 0 spiro atoms. The highest BCUT2D eigenvalue weighted by molar-refractivity contribution is 6.36. The summed E-state index contributed by atoms with van der Waals surface area (Å²) >= 11 is 0. The summed E-state index contributed by atoms with van der Waals surface area (Å²) in [6.07, 6.45) is 0.225. The minimum Gasteiger partial charge on any atom is -0.491 e. The molecule has 33 heavy (non-hydrogen) atoms. The van der Waals surface area contributed by atoms with Crippen molar-refractivity contribution >= 4 is 17.5 Å². The number of imide groups is 1. The molecule has 0 bridgehead atoms. The highest BCUT2D eigenvalue weighted by atomic mass is 16.6. The molecule has 2 fully saturated rings. The monoisotopic (exact) mass is 443 g/mol. The Morgan fingerprint density at radius 2 is 1.42 bits per heavy atom. The van der Waals surface area contributed by atoms with E-state index in [0.717, 1.165) is 12.2 Å². The van der Waals surface area contributed by atoms with Crippen LogP contribution in [0.25, 0.3) is 11.1 Å². The molecule has 6 rings (SSSR count). The van der Waals surface area contributed by atoms with Crippen LogP contribution in [0.5, 0.6) is 11.5 Å². The third-order valence-corrected chi connectivity index (χ3v) is 5.84. The molecule has 0 aromatic heterocycles. The molecule has 2 unspecified atom stereocenters. The predicted molar refractivity (Wildman–Crippen MR) is 120 cm³/mol. The van der Waals surface area contributed by atoms with Gasteiger partial charge in [-0.3, -0.25) is 9.59 Å². The zero-order valence-electron chi connectivity index (χ0n) is 17.7. The van der Waals surface area contributed by atoms with Crippen LogP contribution in [0, 0.1) is 0 Å². The molecule has 0 radical (unpaired) electrons. The van der Waals surface area contributed by atoms with Crippen LogP contribution in [-0.4, -0.2) is 50.4 Å². The minimum atomic E-state index is -0.373. The first kappa shape index (κ1) is 20.0. The van der Waals surface area contributed by atoms with Crippen LogP contribution >= 0.6 is 0 Å². The van der Waals surface area contributed by atoms with E-state index >= 15 is 0 Å². The molecule has 2 saturated heterocycles. The number of rotatable bonds is 8. The number of carbonyl (C=O) groups is 2. The minimum absolute atomic E-state index is 0.0721. The lowest BCUT2D eigenvalue weighted by Gasteiger charge is -2.16. The first-order valence-corrected chi connectivity index (χ1v) is 10.9. The van der Waals surface area contributed by atoms with E-state index < -0.39 is 0 Å². The number of epoxide rings is 2.